The first-order valence-corrected chi connectivity index (χ1v) is 4.65. The van der Waals surface area contributed by atoms with E-state index in [9.17, 15) is 4.79 Å². The van der Waals surface area contributed by atoms with Gasteiger partial charge in [0.1, 0.15) is 0 Å². The number of hydrogen-bond acceptors (Lipinski definition) is 4. The highest BCUT2D eigenvalue weighted by Crippen LogP contribution is 2.15. The Morgan fingerprint density at radius 1 is 1.62 bits per heavy atom. The molecule has 0 aromatic heterocycles. The van der Waals surface area contributed by atoms with Crippen molar-refractivity contribution in [2.75, 3.05) is 13.2 Å². The molecule has 0 saturated carbocycles. The fourth-order valence-electron chi connectivity index (χ4n) is 1.30. The van der Waals surface area contributed by atoms with E-state index in [-0.39, 0.29) is 18.4 Å². The van der Waals surface area contributed by atoms with Gasteiger partial charge in [-0.1, -0.05) is 0 Å². The van der Waals surface area contributed by atoms with Crippen LogP contribution < -0.4 is 0 Å². The van der Waals surface area contributed by atoms with Crippen LogP contribution in [0.3, 0.4) is 0 Å². The van der Waals surface area contributed by atoms with Crippen LogP contribution in [0.4, 0.5) is 0 Å². The third kappa shape index (κ3) is 3.74. The third-order valence-corrected chi connectivity index (χ3v) is 1.88. The van der Waals surface area contributed by atoms with E-state index in [1.54, 1.807) is 6.92 Å². The summed E-state index contributed by atoms with van der Waals surface area (Å²) in [6.45, 7) is 4.71. The van der Waals surface area contributed by atoms with Gasteiger partial charge in [-0.05, 0) is 20.3 Å². The van der Waals surface area contributed by atoms with Gasteiger partial charge in [0.15, 0.2) is 6.29 Å². The SMILES string of the molecule is CCOC(=O)CC1CCOC(C)O1. The molecule has 1 heterocycles. The average molecular weight is 188 g/mol. The first-order valence-electron chi connectivity index (χ1n) is 4.65. The van der Waals surface area contributed by atoms with E-state index in [0.717, 1.165) is 6.42 Å². The lowest BCUT2D eigenvalue weighted by atomic mass is 10.2. The number of carbonyl (C=O) groups is 1. The van der Waals surface area contributed by atoms with E-state index in [4.69, 9.17) is 14.2 Å². The molecule has 0 aromatic rings. The zero-order chi connectivity index (χ0) is 9.68. The predicted molar refractivity (Wildman–Crippen MR) is 46.2 cm³/mol. The van der Waals surface area contributed by atoms with Gasteiger partial charge in [-0.15, -0.1) is 0 Å². The van der Waals surface area contributed by atoms with Crippen LogP contribution in [0.15, 0.2) is 0 Å². The molecule has 1 rings (SSSR count). The van der Waals surface area contributed by atoms with E-state index >= 15 is 0 Å². The number of ether oxygens (including phenoxy) is 3. The maximum Gasteiger partial charge on any atom is 0.308 e. The van der Waals surface area contributed by atoms with Gasteiger partial charge in [-0.3, -0.25) is 4.79 Å². The Bertz CT molecular complexity index is 169. The number of carbonyl (C=O) groups excluding carboxylic acids is 1. The minimum atomic E-state index is -0.201. The second-order valence-corrected chi connectivity index (χ2v) is 2.99. The molecule has 0 bridgehead atoms. The van der Waals surface area contributed by atoms with Gasteiger partial charge in [-0.25, -0.2) is 0 Å². The lowest BCUT2D eigenvalue weighted by Crippen LogP contribution is -2.32. The molecule has 0 radical (unpaired) electrons. The van der Waals surface area contributed by atoms with Gasteiger partial charge >= 0.3 is 5.97 Å². The molecule has 1 saturated heterocycles. The number of hydrogen-bond donors (Lipinski definition) is 0. The van der Waals surface area contributed by atoms with Crippen LogP contribution in [0.2, 0.25) is 0 Å². The van der Waals surface area contributed by atoms with Crippen molar-refractivity contribution in [2.45, 2.75) is 39.1 Å². The summed E-state index contributed by atoms with van der Waals surface area (Å²) in [7, 11) is 0. The smallest absolute Gasteiger partial charge is 0.308 e. The predicted octanol–water partition coefficient (Wildman–Crippen LogP) is 1.09. The van der Waals surface area contributed by atoms with Gasteiger partial charge in [0, 0.05) is 0 Å². The van der Waals surface area contributed by atoms with Crippen molar-refractivity contribution < 1.29 is 19.0 Å². The van der Waals surface area contributed by atoms with Crippen molar-refractivity contribution in [1.29, 1.82) is 0 Å². The highest BCUT2D eigenvalue weighted by molar-refractivity contribution is 5.69. The number of esters is 1. The lowest BCUT2D eigenvalue weighted by molar-refractivity contribution is -0.206. The maximum absolute atomic E-state index is 11.1. The largest absolute Gasteiger partial charge is 0.466 e. The van der Waals surface area contributed by atoms with Crippen molar-refractivity contribution in [3.05, 3.63) is 0 Å². The first kappa shape index (κ1) is 10.5. The summed E-state index contributed by atoms with van der Waals surface area (Å²) >= 11 is 0. The standard InChI is InChI=1S/C9H16O4/c1-3-11-9(10)6-8-4-5-12-7(2)13-8/h7-8H,3-6H2,1-2H3. The van der Waals surface area contributed by atoms with Gasteiger partial charge in [0.05, 0.1) is 25.7 Å². The van der Waals surface area contributed by atoms with Crippen LogP contribution in [-0.2, 0) is 19.0 Å². The molecule has 13 heavy (non-hydrogen) atoms. The Hall–Kier alpha value is -0.610. The topological polar surface area (TPSA) is 44.8 Å². The Balaban J connectivity index is 2.23. The molecule has 0 spiro atoms. The Labute approximate surface area is 78.2 Å². The van der Waals surface area contributed by atoms with Crippen molar-refractivity contribution in [1.82, 2.24) is 0 Å². The quantitative estimate of drug-likeness (QED) is 0.622. The Kier molecular flexibility index (Phi) is 4.18. The molecule has 4 heteroatoms. The molecular weight excluding hydrogens is 172 g/mol. The van der Waals surface area contributed by atoms with Gasteiger partial charge < -0.3 is 14.2 Å². The maximum atomic E-state index is 11.1. The van der Waals surface area contributed by atoms with Crippen molar-refractivity contribution in [3.8, 4) is 0 Å². The average Bonchev–Trinajstić information content (AvgIpc) is 2.04. The van der Waals surface area contributed by atoms with E-state index in [2.05, 4.69) is 0 Å². The summed E-state index contributed by atoms with van der Waals surface area (Å²) in [6.07, 6.45) is 0.862. The molecule has 2 atom stereocenters. The monoisotopic (exact) mass is 188 g/mol. The molecule has 1 aliphatic heterocycles. The molecule has 4 nitrogen and oxygen atoms in total. The lowest BCUT2D eigenvalue weighted by Gasteiger charge is -2.27. The highest BCUT2D eigenvalue weighted by Gasteiger charge is 2.22. The number of rotatable bonds is 3. The zero-order valence-electron chi connectivity index (χ0n) is 8.12. The van der Waals surface area contributed by atoms with Crippen LogP contribution in [0.25, 0.3) is 0 Å². The van der Waals surface area contributed by atoms with Crippen LogP contribution in [-0.4, -0.2) is 31.6 Å². The summed E-state index contributed by atoms with van der Waals surface area (Å²) in [4.78, 5) is 11.1. The van der Waals surface area contributed by atoms with E-state index in [1.807, 2.05) is 6.92 Å². The minimum absolute atomic E-state index is 0.0391. The molecule has 1 fully saturated rings. The second-order valence-electron chi connectivity index (χ2n) is 2.99. The highest BCUT2D eigenvalue weighted by atomic mass is 16.7. The molecule has 76 valence electrons. The van der Waals surface area contributed by atoms with E-state index in [1.165, 1.54) is 0 Å². The van der Waals surface area contributed by atoms with Crippen LogP contribution in [0.5, 0.6) is 0 Å². The molecule has 2 unspecified atom stereocenters. The molecule has 0 aromatic carbocycles. The van der Waals surface area contributed by atoms with Crippen LogP contribution in [0, 0.1) is 0 Å². The summed E-state index contributed by atoms with van der Waals surface area (Å²) in [5.41, 5.74) is 0. The zero-order valence-corrected chi connectivity index (χ0v) is 8.12. The molecule has 0 amide bonds. The van der Waals surface area contributed by atoms with Crippen molar-refractivity contribution >= 4 is 5.97 Å². The Morgan fingerprint density at radius 3 is 3.00 bits per heavy atom. The summed E-state index contributed by atoms with van der Waals surface area (Å²) in [5.74, 6) is -0.193. The van der Waals surface area contributed by atoms with Crippen molar-refractivity contribution in [2.24, 2.45) is 0 Å². The summed E-state index contributed by atoms with van der Waals surface area (Å²) < 4.78 is 15.4. The van der Waals surface area contributed by atoms with Gasteiger partial charge in [0.2, 0.25) is 0 Å². The molecule has 0 N–H and O–H groups in total. The fraction of sp³-hybridized carbons (Fsp3) is 0.889. The van der Waals surface area contributed by atoms with Crippen LogP contribution >= 0.6 is 0 Å². The van der Waals surface area contributed by atoms with Gasteiger partial charge in [-0.2, -0.15) is 0 Å². The normalized spacial score (nSPS) is 28.5. The second kappa shape index (κ2) is 5.19. The minimum Gasteiger partial charge on any atom is -0.466 e. The first-order chi connectivity index (χ1) is 6.22. The van der Waals surface area contributed by atoms with Gasteiger partial charge in [0.25, 0.3) is 0 Å². The van der Waals surface area contributed by atoms with Crippen LogP contribution in [0.1, 0.15) is 26.7 Å². The molecular formula is C9H16O4. The summed E-state index contributed by atoms with van der Waals surface area (Å²) in [6, 6.07) is 0. The van der Waals surface area contributed by atoms with Crippen molar-refractivity contribution in [3.63, 3.8) is 0 Å². The molecule has 1 aliphatic rings. The third-order valence-electron chi connectivity index (χ3n) is 1.88. The fourth-order valence-corrected chi connectivity index (χ4v) is 1.30. The summed E-state index contributed by atoms with van der Waals surface area (Å²) in [5, 5.41) is 0. The van der Waals surface area contributed by atoms with E-state index in [0.29, 0.717) is 19.6 Å². The van der Waals surface area contributed by atoms with E-state index < -0.39 is 0 Å². The molecule has 0 aliphatic carbocycles. The Morgan fingerprint density at radius 2 is 2.38 bits per heavy atom.